The van der Waals surface area contributed by atoms with Gasteiger partial charge in [-0.25, -0.2) is 0 Å². The van der Waals surface area contributed by atoms with Gasteiger partial charge in [0, 0.05) is 10.6 Å². The lowest BCUT2D eigenvalue weighted by Gasteiger charge is -2.11. The average molecular weight is 408 g/mol. The van der Waals surface area contributed by atoms with Crippen LogP contribution in [0.5, 0.6) is 0 Å². The fourth-order valence-corrected chi connectivity index (χ4v) is 3.35. The predicted molar refractivity (Wildman–Crippen MR) is 105 cm³/mol. The second-order valence-corrected chi connectivity index (χ2v) is 7.70. The number of rotatable bonds is 5. The molecule has 0 aliphatic rings. The van der Waals surface area contributed by atoms with Gasteiger partial charge in [0.15, 0.2) is 0 Å². The van der Waals surface area contributed by atoms with Crippen LogP contribution in [0.25, 0.3) is 11.5 Å². The number of carbonyl (C=O) groups excluding carboxylic acids is 1. The zero-order valence-corrected chi connectivity index (χ0v) is 16.3. The maximum atomic E-state index is 12.4. The standard InChI is InChI=1S/C18H15Cl2N3O2S/c1-10-5-3-4-6-13(10)17-22-23-18(25-17)26-11(2)16(24)21-15-8-7-12(19)9-14(15)20/h3-9,11H,1-2H3,(H,21,24). The third-order valence-corrected chi connectivity index (χ3v) is 5.10. The average Bonchev–Trinajstić information content (AvgIpc) is 3.06. The number of benzene rings is 2. The zero-order valence-electron chi connectivity index (χ0n) is 14.0. The molecule has 134 valence electrons. The molecule has 26 heavy (non-hydrogen) atoms. The number of carbonyl (C=O) groups is 1. The number of anilines is 1. The summed E-state index contributed by atoms with van der Waals surface area (Å²) in [5, 5.41) is 11.6. The number of amides is 1. The van der Waals surface area contributed by atoms with E-state index in [0.29, 0.717) is 26.8 Å². The Morgan fingerprint density at radius 3 is 2.69 bits per heavy atom. The van der Waals surface area contributed by atoms with Gasteiger partial charge in [-0.2, -0.15) is 0 Å². The van der Waals surface area contributed by atoms with Crippen LogP contribution in [-0.2, 0) is 4.79 Å². The van der Waals surface area contributed by atoms with Gasteiger partial charge in [0.2, 0.25) is 11.8 Å². The number of hydrogen-bond acceptors (Lipinski definition) is 5. The summed E-state index contributed by atoms with van der Waals surface area (Å²) in [4.78, 5) is 12.4. The van der Waals surface area contributed by atoms with Crippen LogP contribution in [0.3, 0.4) is 0 Å². The van der Waals surface area contributed by atoms with Crippen molar-refractivity contribution in [2.24, 2.45) is 0 Å². The van der Waals surface area contributed by atoms with Crippen LogP contribution < -0.4 is 5.32 Å². The summed E-state index contributed by atoms with van der Waals surface area (Å²) in [7, 11) is 0. The molecular weight excluding hydrogens is 393 g/mol. The van der Waals surface area contributed by atoms with Crippen LogP contribution in [0.15, 0.2) is 52.1 Å². The van der Waals surface area contributed by atoms with E-state index in [-0.39, 0.29) is 5.91 Å². The Balaban J connectivity index is 1.67. The summed E-state index contributed by atoms with van der Waals surface area (Å²) in [6.07, 6.45) is 0. The van der Waals surface area contributed by atoms with E-state index in [0.717, 1.165) is 11.1 Å². The molecule has 8 heteroatoms. The molecule has 2 aromatic carbocycles. The van der Waals surface area contributed by atoms with Gasteiger partial charge in [0.05, 0.1) is 16.0 Å². The molecule has 3 aromatic rings. The molecule has 0 aliphatic heterocycles. The van der Waals surface area contributed by atoms with E-state index in [9.17, 15) is 4.79 Å². The molecule has 0 saturated carbocycles. The van der Waals surface area contributed by atoms with Crippen molar-refractivity contribution in [2.45, 2.75) is 24.3 Å². The van der Waals surface area contributed by atoms with Crippen LogP contribution in [0.1, 0.15) is 12.5 Å². The summed E-state index contributed by atoms with van der Waals surface area (Å²) in [5.41, 5.74) is 2.41. The first-order valence-electron chi connectivity index (χ1n) is 7.76. The van der Waals surface area contributed by atoms with Gasteiger partial charge in [-0.15, -0.1) is 10.2 Å². The summed E-state index contributed by atoms with van der Waals surface area (Å²) in [5.74, 6) is 0.203. The normalized spacial score (nSPS) is 12.0. The Kier molecular flexibility index (Phi) is 5.86. The quantitative estimate of drug-likeness (QED) is 0.567. The Hall–Kier alpha value is -2.02. The lowest BCUT2D eigenvalue weighted by molar-refractivity contribution is -0.115. The van der Waals surface area contributed by atoms with Crippen LogP contribution >= 0.6 is 35.0 Å². The van der Waals surface area contributed by atoms with Crippen molar-refractivity contribution in [3.8, 4) is 11.5 Å². The van der Waals surface area contributed by atoms with E-state index < -0.39 is 5.25 Å². The molecular formula is C18H15Cl2N3O2S. The Bertz CT molecular complexity index is 946. The Morgan fingerprint density at radius 1 is 1.19 bits per heavy atom. The highest BCUT2D eigenvalue weighted by atomic mass is 35.5. The van der Waals surface area contributed by atoms with E-state index in [1.54, 1.807) is 25.1 Å². The lowest BCUT2D eigenvalue weighted by Crippen LogP contribution is -2.22. The summed E-state index contributed by atoms with van der Waals surface area (Å²) >= 11 is 13.1. The highest BCUT2D eigenvalue weighted by Gasteiger charge is 2.20. The van der Waals surface area contributed by atoms with Crippen molar-refractivity contribution < 1.29 is 9.21 Å². The largest absolute Gasteiger partial charge is 0.411 e. The van der Waals surface area contributed by atoms with Crippen molar-refractivity contribution in [3.63, 3.8) is 0 Å². The second-order valence-electron chi connectivity index (χ2n) is 5.56. The molecule has 0 saturated heterocycles. The zero-order chi connectivity index (χ0) is 18.7. The van der Waals surface area contributed by atoms with E-state index in [4.69, 9.17) is 27.6 Å². The van der Waals surface area contributed by atoms with Crippen molar-refractivity contribution in [2.75, 3.05) is 5.32 Å². The van der Waals surface area contributed by atoms with Gasteiger partial charge in [0.25, 0.3) is 5.22 Å². The van der Waals surface area contributed by atoms with Crippen LogP contribution in [0.4, 0.5) is 5.69 Å². The van der Waals surface area contributed by atoms with Crippen molar-refractivity contribution >= 4 is 46.6 Å². The molecule has 1 atom stereocenters. The van der Waals surface area contributed by atoms with Gasteiger partial charge in [0.1, 0.15) is 0 Å². The Labute approximate surface area is 165 Å². The van der Waals surface area contributed by atoms with Crippen molar-refractivity contribution in [1.29, 1.82) is 0 Å². The molecule has 3 rings (SSSR count). The number of thioether (sulfide) groups is 1. The first-order valence-corrected chi connectivity index (χ1v) is 9.39. The molecule has 5 nitrogen and oxygen atoms in total. The first kappa shape index (κ1) is 18.8. The van der Waals surface area contributed by atoms with Gasteiger partial charge in [-0.1, -0.05) is 53.2 Å². The number of nitrogens with one attached hydrogen (secondary N) is 1. The fourth-order valence-electron chi connectivity index (χ4n) is 2.21. The predicted octanol–water partition coefficient (Wildman–Crippen LogP) is 5.47. The smallest absolute Gasteiger partial charge is 0.277 e. The third kappa shape index (κ3) is 4.38. The molecule has 0 spiro atoms. The molecule has 0 bridgehead atoms. The molecule has 1 amide bonds. The van der Waals surface area contributed by atoms with E-state index >= 15 is 0 Å². The van der Waals surface area contributed by atoms with Gasteiger partial charge in [-0.3, -0.25) is 4.79 Å². The number of hydrogen-bond donors (Lipinski definition) is 1. The van der Waals surface area contributed by atoms with Crippen LogP contribution in [-0.4, -0.2) is 21.4 Å². The van der Waals surface area contributed by atoms with Gasteiger partial charge < -0.3 is 9.73 Å². The number of aromatic nitrogens is 2. The monoisotopic (exact) mass is 407 g/mol. The number of halogens is 2. The van der Waals surface area contributed by atoms with Crippen molar-refractivity contribution in [1.82, 2.24) is 10.2 Å². The Morgan fingerprint density at radius 2 is 1.96 bits per heavy atom. The number of aryl methyl sites for hydroxylation is 1. The first-order chi connectivity index (χ1) is 12.4. The van der Waals surface area contributed by atoms with E-state index in [2.05, 4.69) is 15.5 Å². The molecule has 0 radical (unpaired) electrons. The topological polar surface area (TPSA) is 68.0 Å². The van der Waals surface area contributed by atoms with Crippen LogP contribution in [0.2, 0.25) is 10.0 Å². The highest BCUT2D eigenvalue weighted by Crippen LogP contribution is 2.29. The minimum Gasteiger partial charge on any atom is -0.411 e. The number of nitrogens with zero attached hydrogens (tertiary/aromatic N) is 2. The van der Waals surface area contributed by atoms with Crippen LogP contribution in [0, 0.1) is 6.92 Å². The van der Waals surface area contributed by atoms with Crippen molar-refractivity contribution in [3.05, 3.63) is 58.1 Å². The molecule has 1 heterocycles. The minimum atomic E-state index is -0.452. The van der Waals surface area contributed by atoms with Gasteiger partial charge >= 0.3 is 0 Å². The molecule has 0 aliphatic carbocycles. The molecule has 1 N–H and O–H groups in total. The van der Waals surface area contributed by atoms with Gasteiger partial charge in [-0.05, 0) is 43.7 Å². The fraction of sp³-hybridized carbons (Fsp3) is 0.167. The molecule has 1 unspecified atom stereocenters. The maximum absolute atomic E-state index is 12.4. The molecule has 0 fully saturated rings. The lowest BCUT2D eigenvalue weighted by atomic mass is 10.1. The third-order valence-electron chi connectivity index (χ3n) is 3.62. The molecule has 1 aromatic heterocycles. The summed E-state index contributed by atoms with van der Waals surface area (Å²) in [6.45, 7) is 3.72. The van der Waals surface area contributed by atoms with E-state index in [1.807, 2.05) is 31.2 Å². The maximum Gasteiger partial charge on any atom is 0.277 e. The summed E-state index contributed by atoms with van der Waals surface area (Å²) < 4.78 is 5.68. The van der Waals surface area contributed by atoms with E-state index in [1.165, 1.54) is 11.8 Å². The summed E-state index contributed by atoms with van der Waals surface area (Å²) in [6, 6.07) is 12.6. The highest BCUT2D eigenvalue weighted by molar-refractivity contribution is 8.00. The SMILES string of the molecule is Cc1ccccc1-c1nnc(SC(C)C(=O)Nc2ccc(Cl)cc2Cl)o1. The second kappa shape index (κ2) is 8.12. The minimum absolute atomic E-state index is 0.227.